The van der Waals surface area contributed by atoms with Gasteiger partial charge in [0.1, 0.15) is 0 Å². The van der Waals surface area contributed by atoms with Gasteiger partial charge < -0.3 is 9.88 Å². The molecule has 4 heteroatoms. The largest absolute Gasteiger partial charge is 0.349 e. The molecule has 0 fully saturated rings. The van der Waals surface area contributed by atoms with Crippen molar-refractivity contribution in [1.82, 2.24) is 14.5 Å². The number of anilines is 1. The number of imidazole rings is 1. The Kier molecular flexibility index (Phi) is 2.81. The second-order valence-electron chi connectivity index (χ2n) is 6.17. The summed E-state index contributed by atoms with van der Waals surface area (Å²) in [6.07, 6.45) is 6.98. The summed E-state index contributed by atoms with van der Waals surface area (Å²) in [5, 5.41) is 3.52. The van der Waals surface area contributed by atoms with Gasteiger partial charge in [-0.2, -0.15) is 0 Å². The third-order valence-electron chi connectivity index (χ3n) is 3.59. The van der Waals surface area contributed by atoms with Gasteiger partial charge in [0.15, 0.2) is 0 Å². The Morgan fingerprint density at radius 1 is 1.37 bits per heavy atom. The van der Waals surface area contributed by atoms with Crippen LogP contribution in [0.3, 0.4) is 0 Å². The number of hydrogen-bond acceptors (Lipinski definition) is 3. The fraction of sp³-hybridized carbons (Fsp3) is 0.467. The van der Waals surface area contributed by atoms with Crippen LogP contribution in [-0.4, -0.2) is 14.5 Å². The van der Waals surface area contributed by atoms with Gasteiger partial charge in [0, 0.05) is 30.6 Å². The molecular weight excluding hydrogens is 236 g/mol. The SMILES string of the molecule is CC(C)(C)c1cn2c(n1)NC(c1cccnc1)CC2. The number of rotatable bonds is 1. The second-order valence-corrected chi connectivity index (χ2v) is 6.17. The molecule has 1 atom stereocenters. The number of hydrogen-bond donors (Lipinski definition) is 1. The predicted octanol–water partition coefficient (Wildman–Crippen LogP) is 3.13. The molecule has 0 spiro atoms. The summed E-state index contributed by atoms with van der Waals surface area (Å²) in [4.78, 5) is 8.92. The molecule has 0 saturated heterocycles. The van der Waals surface area contributed by atoms with Gasteiger partial charge in [-0.1, -0.05) is 26.8 Å². The fourth-order valence-electron chi connectivity index (χ4n) is 2.39. The third kappa shape index (κ3) is 2.35. The second kappa shape index (κ2) is 4.37. The van der Waals surface area contributed by atoms with Gasteiger partial charge in [0.25, 0.3) is 0 Å². The summed E-state index contributed by atoms with van der Waals surface area (Å²) in [5.74, 6) is 0.977. The molecule has 19 heavy (non-hydrogen) atoms. The standard InChI is InChI=1S/C15H20N4/c1-15(2,3)13-10-19-8-6-12(17-14(19)18-13)11-5-4-7-16-9-11/h4-5,7,9-10,12H,6,8H2,1-3H3,(H,17,18). The van der Waals surface area contributed by atoms with Crippen molar-refractivity contribution in [2.75, 3.05) is 5.32 Å². The van der Waals surface area contributed by atoms with E-state index in [0.29, 0.717) is 6.04 Å². The van der Waals surface area contributed by atoms with Crippen molar-refractivity contribution >= 4 is 5.95 Å². The van der Waals surface area contributed by atoms with E-state index in [-0.39, 0.29) is 5.41 Å². The van der Waals surface area contributed by atoms with Crippen molar-refractivity contribution in [1.29, 1.82) is 0 Å². The summed E-state index contributed by atoms with van der Waals surface area (Å²) in [6, 6.07) is 4.42. The Balaban J connectivity index is 1.86. The highest BCUT2D eigenvalue weighted by molar-refractivity contribution is 5.37. The molecule has 100 valence electrons. The van der Waals surface area contributed by atoms with E-state index in [1.54, 1.807) is 0 Å². The molecule has 1 unspecified atom stereocenters. The zero-order chi connectivity index (χ0) is 13.5. The number of nitrogens with zero attached hydrogens (tertiary/aromatic N) is 3. The van der Waals surface area contributed by atoms with Crippen molar-refractivity contribution in [3.63, 3.8) is 0 Å². The van der Waals surface area contributed by atoms with Crippen LogP contribution in [-0.2, 0) is 12.0 Å². The van der Waals surface area contributed by atoms with Crippen LogP contribution in [0.4, 0.5) is 5.95 Å². The minimum absolute atomic E-state index is 0.0931. The van der Waals surface area contributed by atoms with Gasteiger partial charge in [-0.25, -0.2) is 4.98 Å². The number of aryl methyl sites for hydroxylation is 1. The van der Waals surface area contributed by atoms with Crippen LogP contribution in [0.5, 0.6) is 0 Å². The van der Waals surface area contributed by atoms with Crippen molar-refractivity contribution in [2.24, 2.45) is 0 Å². The summed E-state index contributed by atoms with van der Waals surface area (Å²) < 4.78 is 2.22. The molecule has 1 aliphatic rings. The number of nitrogens with one attached hydrogen (secondary N) is 1. The van der Waals surface area contributed by atoms with Crippen molar-refractivity contribution < 1.29 is 0 Å². The Bertz CT molecular complexity index is 566. The van der Waals surface area contributed by atoms with Crippen LogP contribution in [0.2, 0.25) is 0 Å². The lowest BCUT2D eigenvalue weighted by Gasteiger charge is -2.25. The maximum atomic E-state index is 4.73. The third-order valence-corrected chi connectivity index (χ3v) is 3.59. The van der Waals surface area contributed by atoms with Gasteiger partial charge in [0.2, 0.25) is 5.95 Å². The maximum Gasteiger partial charge on any atom is 0.203 e. The van der Waals surface area contributed by atoms with Crippen LogP contribution in [0.25, 0.3) is 0 Å². The van der Waals surface area contributed by atoms with Crippen molar-refractivity contribution in [3.8, 4) is 0 Å². The van der Waals surface area contributed by atoms with Crippen LogP contribution >= 0.6 is 0 Å². The lowest BCUT2D eigenvalue weighted by molar-refractivity contribution is 0.540. The first-order valence-electron chi connectivity index (χ1n) is 6.78. The number of fused-ring (bicyclic) bond motifs is 1. The van der Waals surface area contributed by atoms with E-state index in [0.717, 1.165) is 24.6 Å². The van der Waals surface area contributed by atoms with Crippen LogP contribution in [0.1, 0.15) is 44.5 Å². The maximum absolute atomic E-state index is 4.73. The van der Waals surface area contributed by atoms with E-state index in [1.807, 2.05) is 18.5 Å². The Morgan fingerprint density at radius 3 is 2.89 bits per heavy atom. The molecule has 0 bridgehead atoms. The normalized spacial score (nSPS) is 18.8. The van der Waals surface area contributed by atoms with Gasteiger partial charge >= 0.3 is 0 Å². The Hall–Kier alpha value is -1.84. The molecule has 2 aromatic rings. The molecule has 0 amide bonds. The minimum atomic E-state index is 0.0931. The van der Waals surface area contributed by atoms with Crippen molar-refractivity contribution in [2.45, 2.75) is 45.2 Å². The first kappa shape index (κ1) is 12.2. The predicted molar refractivity (Wildman–Crippen MR) is 76.1 cm³/mol. The lowest BCUT2D eigenvalue weighted by Crippen LogP contribution is -2.21. The molecule has 0 aliphatic carbocycles. The van der Waals surface area contributed by atoms with E-state index in [1.165, 1.54) is 5.56 Å². The lowest BCUT2D eigenvalue weighted by atomic mass is 9.93. The zero-order valence-corrected chi connectivity index (χ0v) is 11.7. The Labute approximate surface area is 113 Å². The highest BCUT2D eigenvalue weighted by atomic mass is 15.2. The first-order chi connectivity index (χ1) is 9.04. The molecule has 4 nitrogen and oxygen atoms in total. The Morgan fingerprint density at radius 2 is 2.21 bits per heavy atom. The number of pyridine rings is 1. The molecule has 0 aromatic carbocycles. The van der Waals surface area contributed by atoms with Gasteiger partial charge in [-0.05, 0) is 18.1 Å². The first-order valence-corrected chi connectivity index (χ1v) is 6.78. The summed E-state index contributed by atoms with van der Waals surface area (Å²) in [7, 11) is 0. The molecule has 1 aliphatic heterocycles. The molecule has 2 aromatic heterocycles. The van der Waals surface area contributed by atoms with Crippen molar-refractivity contribution in [3.05, 3.63) is 42.0 Å². The summed E-state index contributed by atoms with van der Waals surface area (Å²) in [6.45, 7) is 7.59. The quantitative estimate of drug-likeness (QED) is 0.852. The summed E-state index contributed by atoms with van der Waals surface area (Å²) >= 11 is 0. The van der Waals surface area contributed by atoms with Gasteiger partial charge in [-0.15, -0.1) is 0 Å². The molecule has 0 radical (unpaired) electrons. The molecule has 1 N–H and O–H groups in total. The topological polar surface area (TPSA) is 42.7 Å². The van der Waals surface area contributed by atoms with Crippen LogP contribution in [0.15, 0.2) is 30.7 Å². The van der Waals surface area contributed by atoms with E-state index in [4.69, 9.17) is 4.98 Å². The van der Waals surface area contributed by atoms with E-state index < -0.39 is 0 Å². The highest BCUT2D eigenvalue weighted by Crippen LogP contribution is 2.30. The van der Waals surface area contributed by atoms with Crippen LogP contribution < -0.4 is 5.32 Å². The zero-order valence-electron chi connectivity index (χ0n) is 11.7. The van der Waals surface area contributed by atoms with Gasteiger partial charge in [0.05, 0.1) is 11.7 Å². The number of aromatic nitrogens is 3. The highest BCUT2D eigenvalue weighted by Gasteiger charge is 2.24. The molecule has 3 heterocycles. The molecular formula is C15H20N4. The van der Waals surface area contributed by atoms with Gasteiger partial charge in [-0.3, -0.25) is 4.98 Å². The fourth-order valence-corrected chi connectivity index (χ4v) is 2.39. The van der Waals surface area contributed by atoms with E-state index in [9.17, 15) is 0 Å². The average molecular weight is 256 g/mol. The molecule has 3 rings (SSSR count). The minimum Gasteiger partial charge on any atom is -0.349 e. The van der Waals surface area contributed by atoms with Crippen LogP contribution in [0, 0.1) is 0 Å². The van der Waals surface area contributed by atoms with E-state index >= 15 is 0 Å². The molecule has 0 saturated carbocycles. The summed E-state index contributed by atoms with van der Waals surface area (Å²) in [5.41, 5.74) is 2.46. The van der Waals surface area contributed by atoms with E-state index in [2.05, 4.69) is 47.9 Å². The smallest absolute Gasteiger partial charge is 0.203 e. The monoisotopic (exact) mass is 256 g/mol. The average Bonchev–Trinajstić information content (AvgIpc) is 2.82.